The summed E-state index contributed by atoms with van der Waals surface area (Å²) in [6.07, 6.45) is 1.51. The quantitative estimate of drug-likeness (QED) is 0.680. The van der Waals surface area contributed by atoms with E-state index >= 15 is 0 Å². The summed E-state index contributed by atoms with van der Waals surface area (Å²) in [5.41, 5.74) is 2.79. The zero-order chi connectivity index (χ0) is 9.97. The number of nitrogens with zero attached hydrogens (tertiary/aromatic N) is 1. The SMILES string of the molecule is Cc1cc(-c2ccccc2)[nH][n+](=O)c1. The second kappa shape index (κ2) is 3.46. The summed E-state index contributed by atoms with van der Waals surface area (Å²) in [6.45, 7) is 1.90. The van der Waals surface area contributed by atoms with Crippen LogP contribution in [0.1, 0.15) is 5.56 Å². The largest absolute Gasteiger partial charge is 0.260 e. The lowest BCUT2D eigenvalue weighted by Crippen LogP contribution is -2.19. The Balaban J connectivity index is 2.58. The number of nitrogens with one attached hydrogen (secondary N) is 1. The van der Waals surface area contributed by atoms with Crippen LogP contribution in [0.25, 0.3) is 11.3 Å². The maximum atomic E-state index is 11.1. The van der Waals surface area contributed by atoms with Crippen LogP contribution < -0.4 is 4.54 Å². The number of aromatic amines is 1. The standard InChI is InChI=1S/C11H11N2O/c1-9-7-11(12-13(14)8-9)10-5-3-2-4-6-10/h2-8H,1H3,(H,12,14)/q+1. The van der Waals surface area contributed by atoms with E-state index < -0.39 is 0 Å². The molecule has 3 heteroatoms. The number of aromatic nitrogens is 2. The van der Waals surface area contributed by atoms with Crippen LogP contribution in [-0.2, 0) is 0 Å². The van der Waals surface area contributed by atoms with Crippen molar-refractivity contribution in [3.8, 4) is 11.3 Å². The molecular formula is C11H11N2O+. The lowest BCUT2D eigenvalue weighted by molar-refractivity contribution is -0.563. The molecule has 0 atom stereocenters. The van der Waals surface area contributed by atoms with Crippen molar-refractivity contribution < 1.29 is 4.54 Å². The van der Waals surface area contributed by atoms with Crippen molar-refractivity contribution in [2.45, 2.75) is 6.92 Å². The number of H-pyrrole nitrogens is 1. The lowest BCUT2D eigenvalue weighted by atomic mass is 10.1. The normalized spacial score (nSPS) is 10.1. The minimum Gasteiger partial charge on any atom is -0.114 e. The molecule has 0 saturated heterocycles. The smallest absolute Gasteiger partial charge is 0.114 e. The molecule has 0 aliphatic rings. The first-order valence-electron chi connectivity index (χ1n) is 4.44. The topological polar surface area (TPSA) is 38.8 Å². The first-order chi connectivity index (χ1) is 6.75. The van der Waals surface area contributed by atoms with E-state index in [4.69, 9.17) is 0 Å². The maximum absolute atomic E-state index is 11.1. The molecule has 0 saturated carbocycles. The Kier molecular flexibility index (Phi) is 2.14. The van der Waals surface area contributed by atoms with Crippen LogP contribution in [0.2, 0.25) is 0 Å². The molecular weight excluding hydrogens is 176 g/mol. The second-order valence-corrected chi connectivity index (χ2v) is 3.23. The van der Waals surface area contributed by atoms with Gasteiger partial charge < -0.3 is 0 Å². The van der Waals surface area contributed by atoms with Crippen molar-refractivity contribution in [3.63, 3.8) is 0 Å². The van der Waals surface area contributed by atoms with Gasteiger partial charge in [-0.3, -0.25) is 0 Å². The third-order valence-corrected chi connectivity index (χ3v) is 2.01. The number of rotatable bonds is 1. The van der Waals surface area contributed by atoms with Crippen LogP contribution in [0.5, 0.6) is 0 Å². The van der Waals surface area contributed by atoms with Crippen LogP contribution in [0.15, 0.2) is 42.6 Å². The lowest BCUT2D eigenvalue weighted by Gasteiger charge is -1.96. The molecule has 0 spiro atoms. The maximum Gasteiger partial charge on any atom is 0.260 e. The Morgan fingerprint density at radius 3 is 2.57 bits per heavy atom. The van der Waals surface area contributed by atoms with Crippen molar-refractivity contribution in [1.29, 1.82) is 0 Å². The highest BCUT2D eigenvalue weighted by Crippen LogP contribution is 2.14. The van der Waals surface area contributed by atoms with Crippen LogP contribution in [0, 0.1) is 11.8 Å². The Morgan fingerprint density at radius 2 is 1.93 bits per heavy atom. The molecule has 70 valence electrons. The summed E-state index contributed by atoms with van der Waals surface area (Å²) in [5, 5.41) is 2.73. The van der Waals surface area contributed by atoms with Crippen molar-refractivity contribution >= 4 is 0 Å². The summed E-state index contributed by atoms with van der Waals surface area (Å²) >= 11 is 0. The molecule has 2 aromatic rings. The molecule has 3 nitrogen and oxygen atoms in total. The van der Waals surface area contributed by atoms with Crippen molar-refractivity contribution in [2.24, 2.45) is 0 Å². The molecule has 2 rings (SSSR count). The molecule has 14 heavy (non-hydrogen) atoms. The predicted octanol–water partition coefficient (Wildman–Crippen LogP) is 1.90. The average molecular weight is 187 g/mol. The summed E-state index contributed by atoms with van der Waals surface area (Å²) in [4.78, 5) is 11.1. The minimum absolute atomic E-state index is 0.720. The zero-order valence-corrected chi connectivity index (χ0v) is 7.90. The molecule has 1 aromatic carbocycles. The third kappa shape index (κ3) is 1.71. The van der Waals surface area contributed by atoms with E-state index in [-0.39, 0.29) is 0 Å². The van der Waals surface area contributed by atoms with Crippen LogP contribution in [-0.4, -0.2) is 5.10 Å². The van der Waals surface area contributed by atoms with Crippen LogP contribution in [0.3, 0.4) is 0 Å². The predicted molar refractivity (Wildman–Crippen MR) is 54.3 cm³/mol. The first-order valence-corrected chi connectivity index (χ1v) is 4.44. The molecule has 0 aliphatic carbocycles. The first kappa shape index (κ1) is 8.69. The Labute approximate surface area is 81.6 Å². The fraction of sp³-hybridized carbons (Fsp3) is 0.0909. The number of hydrogen-bond donors (Lipinski definition) is 1. The molecule has 0 aliphatic heterocycles. The minimum atomic E-state index is 0.720. The van der Waals surface area contributed by atoms with Crippen molar-refractivity contribution in [1.82, 2.24) is 5.10 Å². The summed E-state index contributed by atoms with van der Waals surface area (Å²) < 4.78 is 0.720. The number of benzene rings is 1. The van der Waals surface area contributed by atoms with Crippen molar-refractivity contribution in [2.75, 3.05) is 0 Å². The fourth-order valence-corrected chi connectivity index (χ4v) is 1.40. The highest BCUT2D eigenvalue weighted by atomic mass is 16.3. The Morgan fingerprint density at radius 1 is 1.21 bits per heavy atom. The van der Waals surface area contributed by atoms with Gasteiger partial charge in [-0.1, -0.05) is 30.3 Å². The molecule has 0 unspecified atom stereocenters. The highest BCUT2D eigenvalue weighted by Gasteiger charge is 2.03. The van der Waals surface area contributed by atoms with Gasteiger partial charge in [-0.05, 0) is 13.0 Å². The third-order valence-electron chi connectivity index (χ3n) is 2.01. The zero-order valence-electron chi connectivity index (χ0n) is 7.90. The summed E-state index contributed by atoms with van der Waals surface area (Å²) in [6, 6.07) is 11.7. The van der Waals surface area contributed by atoms with E-state index in [9.17, 15) is 4.91 Å². The van der Waals surface area contributed by atoms with Crippen LogP contribution >= 0.6 is 0 Å². The van der Waals surface area contributed by atoms with Gasteiger partial charge >= 0.3 is 0 Å². The van der Waals surface area contributed by atoms with E-state index in [1.165, 1.54) is 6.20 Å². The average Bonchev–Trinajstić information content (AvgIpc) is 2.18. The Bertz CT molecular complexity index is 488. The van der Waals surface area contributed by atoms with Gasteiger partial charge in [0.15, 0.2) is 4.54 Å². The summed E-state index contributed by atoms with van der Waals surface area (Å²) in [5.74, 6) is 0. The number of aryl methyl sites for hydroxylation is 1. The van der Waals surface area contributed by atoms with Gasteiger partial charge in [-0.15, -0.1) is 5.10 Å². The van der Waals surface area contributed by atoms with E-state index in [2.05, 4.69) is 5.10 Å². The summed E-state index contributed by atoms with van der Waals surface area (Å²) in [7, 11) is 0. The molecule has 0 amide bonds. The second-order valence-electron chi connectivity index (χ2n) is 3.23. The van der Waals surface area contributed by atoms with E-state index in [1.54, 1.807) is 0 Å². The van der Waals surface area contributed by atoms with Gasteiger partial charge in [0.2, 0.25) is 0 Å². The molecule has 1 heterocycles. The van der Waals surface area contributed by atoms with Gasteiger partial charge in [0.05, 0.1) is 4.91 Å². The van der Waals surface area contributed by atoms with Crippen molar-refractivity contribution in [3.05, 3.63) is 53.1 Å². The molecule has 0 radical (unpaired) electrons. The van der Waals surface area contributed by atoms with E-state index in [1.807, 2.05) is 43.3 Å². The molecule has 0 fully saturated rings. The molecule has 1 N–H and O–H groups in total. The highest BCUT2D eigenvalue weighted by molar-refractivity contribution is 5.58. The van der Waals surface area contributed by atoms with E-state index in [0.29, 0.717) is 0 Å². The van der Waals surface area contributed by atoms with Gasteiger partial charge in [0, 0.05) is 11.1 Å². The molecule has 0 bridgehead atoms. The monoisotopic (exact) mass is 187 g/mol. The Hall–Kier alpha value is -1.90. The van der Waals surface area contributed by atoms with Gasteiger partial charge in [-0.2, -0.15) is 0 Å². The van der Waals surface area contributed by atoms with Gasteiger partial charge in [0.1, 0.15) is 5.69 Å². The molecule has 1 aromatic heterocycles. The number of hydrogen-bond acceptors (Lipinski definition) is 1. The van der Waals surface area contributed by atoms with Gasteiger partial charge in [0.25, 0.3) is 6.20 Å². The van der Waals surface area contributed by atoms with E-state index in [0.717, 1.165) is 21.4 Å². The van der Waals surface area contributed by atoms with Crippen LogP contribution in [0.4, 0.5) is 0 Å². The fourth-order valence-electron chi connectivity index (χ4n) is 1.40. The van der Waals surface area contributed by atoms with Gasteiger partial charge in [-0.25, -0.2) is 0 Å².